The number of benzene rings is 1. The Labute approximate surface area is 98.5 Å². The van der Waals surface area contributed by atoms with E-state index in [1.165, 1.54) is 0 Å². The second-order valence-corrected chi connectivity index (χ2v) is 8.05. The molecule has 1 aliphatic rings. The standard InChI is InChI=1S/C10H12ClO2PS/c11-8-1-3-9(4-2-8)15-10-5-6-14(12,13)7-10/h1-4,10H,5-7H2,(H,12,13). The Bertz CT molecular complexity index is 393. The van der Waals surface area contributed by atoms with Gasteiger partial charge >= 0.3 is 0 Å². The van der Waals surface area contributed by atoms with E-state index in [4.69, 9.17) is 11.6 Å². The van der Waals surface area contributed by atoms with Crippen LogP contribution in [0.2, 0.25) is 5.02 Å². The summed E-state index contributed by atoms with van der Waals surface area (Å²) in [5.41, 5.74) is 0. The number of hydrogen-bond acceptors (Lipinski definition) is 2. The maximum atomic E-state index is 11.4. The van der Waals surface area contributed by atoms with Crippen molar-refractivity contribution >= 4 is 30.7 Å². The van der Waals surface area contributed by atoms with Gasteiger partial charge < -0.3 is 4.89 Å². The summed E-state index contributed by atoms with van der Waals surface area (Å²) >= 11 is 7.45. The second kappa shape index (κ2) is 4.50. The Morgan fingerprint density at radius 3 is 2.60 bits per heavy atom. The summed E-state index contributed by atoms with van der Waals surface area (Å²) in [5.74, 6) is 0. The monoisotopic (exact) mass is 262 g/mol. The molecule has 0 bridgehead atoms. The molecular weight excluding hydrogens is 251 g/mol. The number of rotatable bonds is 2. The van der Waals surface area contributed by atoms with Crippen LogP contribution in [-0.2, 0) is 4.57 Å². The van der Waals surface area contributed by atoms with E-state index >= 15 is 0 Å². The summed E-state index contributed by atoms with van der Waals surface area (Å²) < 4.78 is 11.4. The lowest BCUT2D eigenvalue weighted by atomic mass is 10.4. The molecule has 2 rings (SSSR count). The van der Waals surface area contributed by atoms with Gasteiger partial charge in [-0.15, -0.1) is 11.8 Å². The average Bonchev–Trinajstić information content (AvgIpc) is 2.50. The van der Waals surface area contributed by atoms with Gasteiger partial charge in [-0.25, -0.2) is 0 Å². The van der Waals surface area contributed by atoms with Crippen molar-refractivity contribution in [3.8, 4) is 0 Å². The molecule has 1 saturated heterocycles. The van der Waals surface area contributed by atoms with Crippen molar-refractivity contribution in [2.24, 2.45) is 0 Å². The molecule has 1 aromatic rings. The first-order chi connectivity index (χ1) is 7.05. The first-order valence-electron chi connectivity index (χ1n) is 4.78. The molecule has 0 amide bonds. The van der Waals surface area contributed by atoms with Crippen molar-refractivity contribution in [3.05, 3.63) is 29.3 Å². The van der Waals surface area contributed by atoms with Gasteiger partial charge in [0.15, 0.2) is 0 Å². The third kappa shape index (κ3) is 3.25. The zero-order valence-corrected chi connectivity index (χ0v) is 10.6. The van der Waals surface area contributed by atoms with Crippen LogP contribution >= 0.6 is 30.7 Å². The van der Waals surface area contributed by atoms with Crippen molar-refractivity contribution in [1.29, 1.82) is 0 Å². The van der Waals surface area contributed by atoms with Gasteiger partial charge in [0.25, 0.3) is 0 Å². The average molecular weight is 263 g/mol. The van der Waals surface area contributed by atoms with Gasteiger partial charge in [0.2, 0.25) is 7.37 Å². The largest absolute Gasteiger partial charge is 0.344 e. The second-order valence-electron chi connectivity index (χ2n) is 3.73. The zero-order valence-electron chi connectivity index (χ0n) is 8.10. The Hall–Kier alpha value is 0.0500. The van der Waals surface area contributed by atoms with Gasteiger partial charge in [0.05, 0.1) is 0 Å². The minimum atomic E-state index is -2.79. The van der Waals surface area contributed by atoms with Crippen LogP contribution in [0.15, 0.2) is 29.2 Å². The third-order valence-corrected chi connectivity index (χ3v) is 6.15. The Balaban J connectivity index is 1.99. The molecule has 2 atom stereocenters. The van der Waals surface area contributed by atoms with Crippen molar-refractivity contribution in [3.63, 3.8) is 0 Å². The highest BCUT2D eigenvalue weighted by molar-refractivity contribution is 8.00. The van der Waals surface area contributed by atoms with Crippen LogP contribution in [0, 0.1) is 0 Å². The van der Waals surface area contributed by atoms with Crippen molar-refractivity contribution in [2.75, 3.05) is 12.3 Å². The minimum Gasteiger partial charge on any atom is -0.344 e. The third-order valence-electron chi connectivity index (χ3n) is 2.41. The van der Waals surface area contributed by atoms with Gasteiger partial charge in [-0.1, -0.05) is 11.6 Å². The fraction of sp³-hybridized carbons (Fsp3) is 0.400. The molecule has 2 unspecified atom stereocenters. The summed E-state index contributed by atoms with van der Waals surface area (Å²) in [6.45, 7) is 0. The molecule has 2 nitrogen and oxygen atoms in total. The summed E-state index contributed by atoms with van der Waals surface area (Å²) in [4.78, 5) is 10.5. The van der Waals surface area contributed by atoms with Crippen LogP contribution in [0.1, 0.15) is 6.42 Å². The van der Waals surface area contributed by atoms with Gasteiger partial charge in [0, 0.05) is 27.5 Å². The SMILES string of the molecule is O=P1(O)CCC(Sc2ccc(Cl)cc2)C1. The van der Waals surface area contributed by atoms with Crippen LogP contribution in [0.3, 0.4) is 0 Å². The zero-order chi connectivity index (χ0) is 10.9. The molecule has 15 heavy (non-hydrogen) atoms. The molecule has 82 valence electrons. The number of hydrogen-bond donors (Lipinski definition) is 1. The van der Waals surface area contributed by atoms with Gasteiger partial charge in [-0.2, -0.15) is 0 Å². The fourth-order valence-corrected chi connectivity index (χ4v) is 5.58. The van der Waals surface area contributed by atoms with E-state index < -0.39 is 7.37 Å². The molecule has 1 heterocycles. The molecule has 1 fully saturated rings. The summed E-state index contributed by atoms with van der Waals surface area (Å²) in [5, 5.41) is 1.00. The van der Waals surface area contributed by atoms with Crippen LogP contribution in [-0.4, -0.2) is 22.5 Å². The highest BCUT2D eigenvalue weighted by Gasteiger charge is 2.32. The predicted octanol–water partition coefficient (Wildman–Crippen LogP) is 3.47. The van der Waals surface area contributed by atoms with Crippen LogP contribution < -0.4 is 0 Å². The summed E-state index contributed by atoms with van der Waals surface area (Å²) in [6.07, 6.45) is 1.75. The predicted molar refractivity (Wildman–Crippen MR) is 65.3 cm³/mol. The normalized spacial score (nSPS) is 30.7. The lowest BCUT2D eigenvalue weighted by Crippen LogP contribution is -1.99. The van der Waals surface area contributed by atoms with Crippen LogP contribution in [0.4, 0.5) is 0 Å². The van der Waals surface area contributed by atoms with Crippen LogP contribution in [0.5, 0.6) is 0 Å². The van der Waals surface area contributed by atoms with E-state index in [-0.39, 0.29) is 5.25 Å². The lowest BCUT2D eigenvalue weighted by molar-refractivity contribution is 0.485. The molecule has 0 radical (unpaired) electrons. The smallest absolute Gasteiger partial charge is 0.201 e. The molecule has 1 aliphatic heterocycles. The fourth-order valence-electron chi connectivity index (χ4n) is 1.65. The Morgan fingerprint density at radius 2 is 2.07 bits per heavy atom. The Kier molecular flexibility index (Phi) is 3.46. The molecule has 0 aromatic heterocycles. The first kappa shape index (κ1) is 11.5. The molecule has 5 heteroatoms. The minimum absolute atomic E-state index is 0.280. The highest BCUT2D eigenvalue weighted by Crippen LogP contribution is 2.51. The highest BCUT2D eigenvalue weighted by atomic mass is 35.5. The number of thioether (sulfide) groups is 1. The summed E-state index contributed by atoms with van der Waals surface area (Å²) in [6, 6.07) is 7.59. The van der Waals surface area contributed by atoms with E-state index in [9.17, 15) is 9.46 Å². The maximum absolute atomic E-state index is 11.4. The van der Waals surface area contributed by atoms with E-state index in [1.807, 2.05) is 24.3 Å². The topological polar surface area (TPSA) is 37.3 Å². The molecule has 1 N–H and O–H groups in total. The lowest BCUT2D eigenvalue weighted by Gasteiger charge is -2.08. The van der Waals surface area contributed by atoms with Crippen molar-refractivity contribution < 1.29 is 9.46 Å². The molecular formula is C10H12ClO2PS. The summed E-state index contributed by atoms with van der Waals surface area (Å²) in [7, 11) is -2.79. The van der Waals surface area contributed by atoms with E-state index in [0.717, 1.165) is 16.3 Å². The quantitative estimate of drug-likeness (QED) is 0.829. The Morgan fingerprint density at radius 1 is 1.40 bits per heavy atom. The number of halogens is 1. The van der Waals surface area contributed by atoms with E-state index in [1.54, 1.807) is 11.8 Å². The maximum Gasteiger partial charge on any atom is 0.201 e. The van der Waals surface area contributed by atoms with Crippen molar-refractivity contribution in [1.82, 2.24) is 0 Å². The first-order valence-corrected chi connectivity index (χ1v) is 8.07. The van der Waals surface area contributed by atoms with Gasteiger partial charge in [0.1, 0.15) is 0 Å². The van der Waals surface area contributed by atoms with Gasteiger partial charge in [-0.05, 0) is 30.7 Å². The van der Waals surface area contributed by atoms with Gasteiger partial charge in [-0.3, -0.25) is 4.57 Å². The van der Waals surface area contributed by atoms with E-state index in [0.29, 0.717) is 12.3 Å². The molecule has 0 spiro atoms. The molecule has 0 saturated carbocycles. The molecule has 0 aliphatic carbocycles. The van der Waals surface area contributed by atoms with E-state index in [2.05, 4.69) is 0 Å². The van der Waals surface area contributed by atoms with Crippen molar-refractivity contribution in [2.45, 2.75) is 16.6 Å². The molecule has 1 aromatic carbocycles. The van der Waals surface area contributed by atoms with Crippen LogP contribution in [0.25, 0.3) is 0 Å².